The Morgan fingerprint density at radius 1 is 1.64 bits per heavy atom. The molecule has 0 saturated carbocycles. The molecule has 1 unspecified atom stereocenters. The van der Waals surface area contributed by atoms with Gasteiger partial charge in [0.2, 0.25) is 0 Å². The van der Waals surface area contributed by atoms with E-state index in [0.29, 0.717) is 18.4 Å². The van der Waals surface area contributed by atoms with Gasteiger partial charge in [-0.25, -0.2) is 9.98 Å². The van der Waals surface area contributed by atoms with Crippen molar-refractivity contribution in [3.8, 4) is 0 Å². The number of aliphatic imine (C=N–C) groups is 2. The second-order valence-electron chi connectivity index (χ2n) is 3.84. The van der Waals surface area contributed by atoms with E-state index >= 15 is 0 Å². The van der Waals surface area contributed by atoms with Crippen LogP contribution in [0.15, 0.2) is 22.8 Å². The van der Waals surface area contributed by atoms with Gasteiger partial charge in [-0.05, 0) is 0 Å². The molecule has 0 aromatic carbocycles. The Labute approximate surface area is 85.6 Å². The first-order valence-corrected chi connectivity index (χ1v) is 4.99. The molecule has 0 bridgehead atoms. The summed E-state index contributed by atoms with van der Waals surface area (Å²) in [5.74, 6) is 1.59. The zero-order valence-electron chi connectivity index (χ0n) is 9.16. The molecule has 1 atom stereocenters. The van der Waals surface area contributed by atoms with E-state index in [2.05, 4.69) is 37.3 Å². The minimum atomic E-state index is 0.327. The van der Waals surface area contributed by atoms with Crippen molar-refractivity contribution in [2.75, 3.05) is 13.2 Å². The Bertz CT molecular complexity index is 266. The maximum atomic E-state index is 5.32. The molecule has 0 aliphatic carbocycles. The highest BCUT2D eigenvalue weighted by molar-refractivity contribution is 6.01. The van der Waals surface area contributed by atoms with E-state index in [1.807, 2.05) is 0 Å². The van der Waals surface area contributed by atoms with E-state index in [1.165, 1.54) is 0 Å². The number of hydrogen-bond acceptors (Lipinski definition) is 2. The van der Waals surface area contributed by atoms with Crippen LogP contribution in [0.25, 0.3) is 0 Å². The highest BCUT2D eigenvalue weighted by Gasteiger charge is 2.19. The average molecular weight is 194 g/mol. The molecule has 0 aromatic heterocycles. The molecular weight excluding hydrogens is 176 g/mol. The highest BCUT2D eigenvalue weighted by Crippen LogP contribution is 2.11. The fourth-order valence-corrected chi connectivity index (χ4v) is 1.27. The average Bonchev–Trinajstić information content (AvgIpc) is 2.51. The molecule has 0 N–H and O–H groups in total. The monoisotopic (exact) mass is 194 g/mol. The van der Waals surface area contributed by atoms with Crippen molar-refractivity contribution in [1.29, 1.82) is 0 Å². The minimum absolute atomic E-state index is 0.327. The van der Waals surface area contributed by atoms with E-state index in [-0.39, 0.29) is 0 Å². The topological polar surface area (TPSA) is 34.0 Å². The van der Waals surface area contributed by atoms with Crippen LogP contribution in [-0.4, -0.2) is 24.8 Å². The third-order valence-electron chi connectivity index (χ3n) is 2.18. The Hall–Kier alpha value is -0.960. The smallest absolute Gasteiger partial charge is 0.130 e. The molecule has 1 aliphatic heterocycles. The van der Waals surface area contributed by atoms with Crippen molar-refractivity contribution >= 4 is 11.5 Å². The van der Waals surface area contributed by atoms with E-state index in [9.17, 15) is 0 Å². The van der Waals surface area contributed by atoms with Crippen molar-refractivity contribution in [2.24, 2.45) is 21.8 Å². The summed E-state index contributed by atoms with van der Waals surface area (Å²) in [6.07, 6.45) is 1.54. The molecule has 0 amide bonds. The maximum Gasteiger partial charge on any atom is 0.130 e. The SMILES string of the molecule is C=C/N=C(\N=C1\COCC1C)C(C)C. The molecule has 14 heavy (non-hydrogen) atoms. The number of hydrogen-bond donors (Lipinski definition) is 0. The lowest BCUT2D eigenvalue weighted by atomic mass is 10.1. The number of rotatable bonds is 2. The summed E-state index contributed by atoms with van der Waals surface area (Å²) in [5, 5.41) is 0. The largest absolute Gasteiger partial charge is 0.375 e. The molecule has 1 aliphatic rings. The second-order valence-corrected chi connectivity index (χ2v) is 3.84. The van der Waals surface area contributed by atoms with Gasteiger partial charge in [0.05, 0.1) is 18.9 Å². The van der Waals surface area contributed by atoms with Crippen LogP contribution >= 0.6 is 0 Å². The predicted molar refractivity (Wildman–Crippen MR) is 59.9 cm³/mol. The number of nitrogens with zero attached hydrogens (tertiary/aromatic N) is 2. The molecule has 0 radical (unpaired) electrons. The van der Waals surface area contributed by atoms with Crippen molar-refractivity contribution in [3.63, 3.8) is 0 Å². The van der Waals surface area contributed by atoms with E-state index in [1.54, 1.807) is 6.20 Å². The van der Waals surface area contributed by atoms with Crippen LogP contribution < -0.4 is 0 Å². The minimum Gasteiger partial charge on any atom is -0.375 e. The van der Waals surface area contributed by atoms with Gasteiger partial charge in [0.1, 0.15) is 5.84 Å². The first-order chi connectivity index (χ1) is 6.65. The van der Waals surface area contributed by atoms with Gasteiger partial charge in [-0.1, -0.05) is 27.4 Å². The Morgan fingerprint density at radius 2 is 2.36 bits per heavy atom. The van der Waals surface area contributed by atoms with E-state index < -0.39 is 0 Å². The Morgan fingerprint density at radius 3 is 2.79 bits per heavy atom. The van der Waals surface area contributed by atoms with Gasteiger partial charge in [0, 0.05) is 18.0 Å². The van der Waals surface area contributed by atoms with Crippen molar-refractivity contribution < 1.29 is 4.74 Å². The van der Waals surface area contributed by atoms with Crippen LogP contribution in [0.1, 0.15) is 20.8 Å². The molecule has 1 heterocycles. The van der Waals surface area contributed by atoms with E-state index in [0.717, 1.165) is 18.2 Å². The first kappa shape index (κ1) is 11.1. The van der Waals surface area contributed by atoms with Crippen LogP contribution in [0.4, 0.5) is 0 Å². The van der Waals surface area contributed by atoms with Crippen LogP contribution in [0.5, 0.6) is 0 Å². The predicted octanol–water partition coefficient (Wildman–Crippen LogP) is 2.29. The van der Waals surface area contributed by atoms with Crippen molar-refractivity contribution in [1.82, 2.24) is 0 Å². The van der Waals surface area contributed by atoms with Gasteiger partial charge < -0.3 is 4.74 Å². The van der Waals surface area contributed by atoms with Crippen molar-refractivity contribution in [2.45, 2.75) is 20.8 Å². The highest BCUT2D eigenvalue weighted by atomic mass is 16.5. The zero-order valence-corrected chi connectivity index (χ0v) is 9.16. The Kier molecular flexibility index (Phi) is 4.01. The molecule has 0 spiro atoms. The zero-order chi connectivity index (χ0) is 10.6. The number of amidine groups is 1. The second kappa shape index (κ2) is 5.05. The van der Waals surface area contributed by atoms with Crippen LogP contribution in [0, 0.1) is 11.8 Å². The lowest BCUT2D eigenvalue weighted by molar-refractivity contribution is 0.193. The summed E-state index contributed by atoms with van der Waals surface area (Å²) < 4.78 is 5.32. The molecule has 0 aromatic rings. The summed E-state index contributed by atoms with van der Waals surface area (Å²) in [7, 11) is 0. The van der Waals surface area contributed by atoms with Gasteiger partial charge in [0.25, 0.3) is 0 Å². The molecule has 78 valence electrons. The van der Waals surface area contributed by atoms with E-state index in [4.69, 9.17) is 4.74 Å². The summed E-state index contributed by atoms with van der Waals surface area (Å²) in [4.78, 5) is 8.68. The Balaban J connectivity index is 2.81. The molecule has 3 heteroatoms. The third-order valence-corrected chi connectivity index (χ3v) is 2.18. The van der Waals surface area contributed by atoms with Crippen LogP contribution in [-0.2, 0) is 4.74 Å². The standard InChI is InChI=1S/C11H18N2O/c1-5-12-11(8(2)3)13-10-7-14-6-9(10)4/h5,8-9H,1,6-7H2,2-4H3/b12-11-,13-10-. The lowest BCUT2D eigenvalue weighted by Crippen LogP contribution is -2.13. The van der Waals surface area contributed by atoms with Crippen molar-refractivity contribution in [3.05, 3.63) is 12.8 Å². The lowest BCUT2D eigenvalue weighted by Gasteiger charge is -2.06. The fraction of sp³-hybridized carbons (Fsp3) is 0.636. The maximum absolute atomic E-state index is 5.32. The summed E-state index contributed by atoms with van der Waals surface area (Å²) >= 11 is 0. The summed E-state index contributed by atoms with van der Waals surface area (Å²) in [5.41, 5.74) is 1.10. The van der Waals surface area contributed by atoms with Gasteiger partial charge >= 0.3 is 0 Å². The first-order valence-electron chi connectivity index (χ1n) is 4.99. The van der Waals surface area contributed by atoms with Crippen LogP contribution in [0.2, 0.25) is 0 Å². The molecule has 1 saturated heterocycles. The summed E-state index contributed by atoms with van der Waals surface area (Å²) in [6.45, 7) is 11.3. The third kappa shape index (κ3) is 2.77. The fourth-order valence-electron chi connectivity index (χ4n) is 1.27. The normalized spacial score (nSPS) is 26.1. The molecule has 1 fully saturated rings. The molecular formula is C11H18N2O. The van der Waals surface area contributed by atoms with Gasteiger partial charge in [0.15, 0.2) is 0 Å². The van der Waals surface area contributed by atoms with Gasteiger partial charge in [-0.2, -0.15) is 0 Å². The molecule has 3 nitrogen and oxygen atoms in total. The number of ether oxygens (including phenoxy) is 1. The van der Waals surface area contributed by atoms with Crippen LogP contribution in [0.3, 0.4) is 0 Å². The van der Waals surface area contributed by atoms with Gasteiger partial charge in [-0.15, -0.1) is 0 Å². The quantitative estimate of drug-likeness (QED) is 0.490. The van der Waals surface area contributed by atoms with Gasteiger partial charge in [-0.3, -0.25) is 0 Å². The molecule has 1 rings (SSSR count). The summed E-state index contributed by atoms with van der Waals surface area (Å²) in [6, 6.07) is 0.